The summed E-state index contributed by atoms with van der Waals surface area (Å²) >= 11 is 1.61. The zero-order valence-electron chi connectivity index (χ0n) is 10.1. The van der Waals surface area contributed by atoms with E-state index >= 15 is 0 Å². The Morgan fingerprint density at radius 2 is 2.26 bits per heavy atom. The van der Waals surface area contributed by atoms with Gasteiger partial charge in [0.15, 0.2) is 0 Å². The van der Waals surface area contributed by atoms with Gasteiger partial charge in [0.05, 0.1) is 13.0 Å². The summed E-state index contributed by atoms with van der Waals surface area (Å²) in [6.45, 7) is 0.528. The van der Waals surface area contributed by atoms with Gasteiger partial charge in [-0.05, 0) is 29.1 Å². The maximum atomic E-state index is 12.0. The van der Waals surface area contributed by atoms with Crippen LogP contribution in [0.4, 0.5) is 5.69 Å². The third-order valence-corrected chi connectivity index (χ3v) is 3.88. The van der Waals surface area contributed by atoms with Crippen LogP contribution in [0.5, 0.6) is 0 Å². The minimum atomic E-state index is -0.127. The first-order chi connectivity index (χ1) is 9.22. The molecule has 3 rings (SSSR count). The molecule has 0 atom stereocenters. The summed E-state index contributed by atoms with van der Waals surface area (Å²) in [5.74, 6) is -0.150. The number of thiophene rings is 1. The van der Waals surface area contributed by atoms with Crippen LogP contribution in [0.25, 0.3) is 0 Å². The Labute approximate surface area is 114 Å². The molecule has 0 spiro atoms. The quantitative estimate of drug-likeness (QED) is 0.899. The van der Waals surface area contributed by atoms with E-state index in [0.29, 0.717) is 18.5 Å². The van der Waals surface area contributed by atoms with Crippen LogP contribution in [0.15, 0.2) is 35.7 Å². The van der Waals surface area contributed by atoms with Gasteiger partial charge in [-0.1, -0.05) is 12.1 Å². The van der Waals surface area contributed by atoms with Gasteiger partial charge in [-0.2, -0.15) is 0 Å². The summed E-state index contributed by atoms with van der Waals surface area (Å²) in [6, 6.07) is 9.24. The molecule has 4 nitrogen and oxygen atoms in total. The Bertz CT molecular complexity index is 635. The van der Waals surface area contributed by atoms with Crippen molar-refractivity contribution in [1.29, 1.82) is 0 Å². The number of amides is 2. The topological polar surface area (TPSA) is 58.2 Å². The first-order valence-corrected chi connectivity index (χ1v) is 6.84. The minimum absolute atomic E-state index is 0.0221. The smallest absolute Gasteiger partial charge is 0.251 e. The number of fused-ring (bicyclic) bond motifs is 1. The van der Waals surface area contributed by atoms with Crippen molar-refractivity contribution in [3.05, 3.63) is 51.7 Å². The van der Waals surface area contributed by atoms with Crippen LogP contribution in [-0.2, 0) is 17.8 Å². The van der Waals surface area contributed by atoms with Crippen molar-refractivity contribution in [2.45, 2.75) is 13.0 Å². The monoisotopic (exact) mass is 272 g/mol. The normalized spacial score (nSPS) is 12.9. The number of rotatable bonds is 3. The first kappa shape index (κ1) is 11.9. The number of hydrogen-bond acceptors (Lipinski definition) is 3. The summed E-state index contributed by atoms with van der Waals surface area (Å²) in [5.41, 5.74) is 2.26. The summed E-state index contributed by atoms with van der Waals surface area (Å²) < 4.78 is 0. The molecule has 0 unspecified atom stereocenters. The van der Waals surface area contributed by atoms with Gasteiger partial charge in [0.25, 0.3) is 5.91 Å². The molecule has 1 aromatic carbocycles. The van der Waals surface area contributed by atoms with Gasteiger partial charge < -0.3 is 10.6 Å². The molecule has 0 fully saturated rings. The number of nitrogens with one attached hydrogen (secondary N) is 2. The Balaban J connectivity index is 1.70. The van der Waals surface area contributed by atoms with Gasteiger partial charge in [-0.25, -0.2) is 0 Å². The largest absolute Gasteiger partial charge is 0.347 e. The molecule has 0 aliphatic carbocycles. The lowest BCUT2D eigenvalue weighted by Crippen LogP contribution is -2.22. The Morgan fingerprint density at radius 1 is 1.37 bits per heavy atom. The molecule has 5 heteroatoms. The molecule has 2 heterocycles. The van der Waals surface area contributed by atoms with Gasteiger partial charge in [0.2, 0.25) is 5.91 Å². The van der Waals surface area contributed by atoms with Crippen LogP contribution in [-0.4, -0.2) is 11.8 Å². The first-order valence-electron chi connectivity index (χ1n) is 5.96. The van der Waals surface area contributed by atoms with E-state index in [1.165, 1.54) is 0 Å². The third-order valence-electron chi connectivity index (χ3n) is 3.00. The van der Waals surface area contributed by atoms with Crippen molar-refractivity contribution in [3.8, 4) is 0 Å². The SMILES string of the molecule is O=C1Cc2ccc(C(=O)NCc3cccs3)cc2N1. The molecular formula is C14H12N2O2S. The molecule has 96 valence electrons. The highest BCUT2D eigenvalue weighted by atomic mass is 32.1. The second kappa shape index (κ2) is 4.85. The zero-order valence-corrected chi connectivity index (χ0v) is 10.9. The molecule has 0 bridgehead atoms. The number of benzene rings is 1. The van der Waals surface area contributed by atoms with Gasteiger partial charge in [0, 0.05) is 16.1 Å². The van der Waals surface area contributed by atoms with E-state index in [0.717, 1.165) is 16.1 Å². The Kier molecular flexibility index (Phi) is 3.05. The lowest BCUT2D eigenvalue weighted by molar-refractivity contribution is -0.115. The van der Waals surface area contributed by atoms with E-state index < -0.39 is 0 Å². The van der Waals surface area contributed by atoms with Crippen LogP contribution >= 0.6 is 11.3 Å². The minimum Gasteiger partial charge on any atom is -0.347 e. The number of carbonyl (C=O) groups excluding carboxylic acids is 2. The molecule has 19 heavy (non-hydrogen) atoms. The van der Waals surface area contributed by atoms with Crippen LogP contribution < -0.4 is 10.6 Å². The summed E-state index contributed by atoms with van der Waals surface area (Å²) in [6.07, 6.45) is 0.395. The van der Waals surface area contributed by atoms with E-state index in [1.807, 2.05) is 23.6 Å². The van der Waals surface area contributed by atoms with Crippen molar-refractivity contribution < 1.29 is 9.59 Å². The summed E-state index contributed by atoms with van der Waals surface area (Å²) in [5, 5.41) is 7.59. The van der Waals surface area contributed by atoms with E-state index in [9.17, 15) is 9.59 Å². The van der Waals surface area contributed by atoms with Gasteiger partial charge in [-0.3, -0.25) is 9.59 Å². The highest BCUT2D eigenvalue weighted by molar-refractivity contribution is 7.09. The van der Waals surface area contributed by atoms with Crippen LogP contribution in [0.2, 0.25) is 0 Å². The Hall–Kier alpha value is -2.14. The lowest BCUT2D eigenvalue weighted by Gasteiger charge is -2.05. The fourth-order valence-corrected chi connectivity index (χ4v) is 2.68. The average molecular weight is 272 g/mol. The van der Waals surface area contributed by atoms with Crippen molar-refractivity contribution in [2.24, 2.45) is 0 Å². The van der Waals surface area contributed by atoms with Gasteiger partial charge >= 0.3 is 0 Å². The zero-order chi connectivity index (χ0) is 13.2. The standard InChI is InChI=1S/C14H12N2O2S/c17-13-7-9-3-4-10(6-12(9)16-13)14(18)15-8-11-2-1-5-19-11/h1-6H,7-8H2,(H,15,18)(H,16,17). The Morgan fingerprint density at radius 3 is 3.05 bits per heavy atom. The van der Waals surface area contributed by atoms with E-state index in [1.54, 1.807) is 23.5 Å². The molecular weight excluding hydrogens is 260 g/mol. The number of carbonyl (C=O) groups is 2. The molecule has 0 radical (unpaired) electrons. The molecule has 2 amide bonds. The van der Waals surface area contributed by atoms with Crippen molar-refractivity contribution >= 4 is 28.8 Å². The number of anilines is 1. The van der Waals surface area contributed by atoms with Crippen LogP contribution in [0.3, 0.4) is 0 Å². The molecule has 1 aliphatic heterocycles. The molecule has 2 aromatic rings. The highest BCUT2D eigenvalue weighted by Gasteiger charge is 2.18. The fourth-order valence-electron chi connectivity index (χ4n) is 2.04. The lowest BCUT2D eigenvalue weighted by atomic mass is 10.1. The second-order valence-corrected chi connectivity index (χ2v) is 5.39. The molecule has 1 aromatic heterocycles. The van der Waals surface area contributed by atoms with E-state index in [4.69, 9.17) is 0 Å². The molecule has 0 saturated carbocycles. The maximum Gasteiger partial charge on any atom is 0.251 e. The van der Waals surface area contributed by atoms with Crippen LogP contribution in [0.1, 0.15) is 20.8 Å². The summed E-state index contributed by atoms with van der Waals surface area (Å²) in [4.78, 5) is 24.4. The molecule has 0 saturated heterocycles. The summed E-state index contributed by atoms with van der Waals surface area (Å²) in [7, 11) is 0. The van der Waals surface area contributed by atoms with Crippen molar-refractivity contribution in [2.75, 3.05) is 5.32 Å². The van der Waals surface area contributed by atoms with Gasteiger partial charge in [-0.15, -0.1) is 11.3 Å². The highest BCUT2D eigenvalue weighted by Crippen LogP contribution is 2.24. The van der Waals surface area contributed by atoms with E-state index in [-0.39, 0.29) is 11.8 Å². The maximum absolute atomic E-state index is 12.0. The average Bonchev–Trinajstić information content (AvgIpc) is 3.02. The van der Waals surface area contributed by atoms with Crippen molar-refractivity contribution in [3.63, 3.8) is 0 Å². The predicted molar refractivity (Wildman–Crippen MR) is 74.3 cm³/mol. The van der Waals surface area contributed by atoms with E-state index in [2.05, 4.69) is 10.6 Å². The number of hydrogen-bond donors (Lipinski definition) is 2. The molecule has 1 aliphatic rings. The predicted octanol–water partition coefficient (Wildman–Crippen LogP) is 2.17. The molecule has 2 N–H and O–H groups in total. The van der Waals surface area contributed by atoms with Gasteiger partial charge in [0.1, 0.15) is 0 Å². The van der Waals surface area contributed by atoms with Crippen LogP contribution in [0, 0.1) is 0 Å². The second-order valence-electron chi connectivity index (χ2n) is 4.36. The third kappa shape index (κ3) is 2.51. The van der Waals surface area contributed by atoms with Crippen molar-refractivity contribution in [1.82, 2.24) is 5.32 Å². The fraction of sp³-hybridized carbons (Fsp3) is 0.143.